The van der Waals surface area contributed by atoms with Crippen LogP contribution in [0.1, 0.15) is 51.4 Å². The number of ether oxygens (including phenoxy) is 2. The van der Waals surface area contributed by atoms with Gasteiger partial charge in [-0.2, -0.15) is 4.89 Å². The van der Waals surface area contributed by atoms with Crippen LogP contribution in [-0.4, -0.2) is 50.0 Å². The van der Waals surface area contributed by atoms with E-state index in [-0.39, 0.29) is 30.1 Å². The number of hydrogen-bond acceptors (Lipinski definition) is 10. The highest BCUT2D eigenvalue weighted by Gasteiger charge is 2.52. The lowest BCUT2D eigenvalue weighted by molar-refractivity contribution is -0.368. The van der Waals surface area contributed by atoms with Crippen molar-refractivity contribution in [2.75, 3.05) is 13.2 Å². The smallest absolute Gasteiger partial charge is 0.378 e. The second-order valence-corrected chi connectivity index (χ2v) is 8.14. The van der Waals surface area contributed by atoms with Crippen molar-refractivity contribution in [3.05, 3.63) is 35.9 Å². The first-order valence-electron chi connectivity index (χ1n) is 9.08. The first-order valence-corrected chi connectivity index (χ1v) is 10.1. The number of benzene rings is 1. The third-order valence-corrected chi connectivity index (χ3v) is 3.72. The molecule has 0 aliphatic carbocycles. The zero-order valence-electron chi connectivity index (χ0n) is 17.7. The lowest BCUT2D eigenvalue weighted by Crippen LogP contribution is -2.52. The Labute approximate surface area is 178 Å². The Kier molecular flexibility index (Phi) is 12.8. The maximum absolute atomic E-state index is 12.7. The number of rotatable bonds is 10. The van der Waals surface area contributed by atoms with Gasteiger partial charge in [-0.3, -0.25) is 4.79 Å². The first-order chi connectivity index (χ1) is 13.9. The molecule has 3 atom stereocenters. The largest absolute Gasteiger partial charge is 0.748 e. The Morgan fingerprint density at radius 2 is 1.70 bits per heavy atom. The summed E-state index contributed by atoms with van der Waals surface area (Å²) in [4.78, 5) is 29.5. The van der Waals surface area contributed by atoms with Gasteiger partial charge in [-0.05, 0) is 24.7 Å². The van der Waals surface area contributed by atoms with Crippen molar-refractivity contribution >= 4 is 23.1 Å². The molecule has 1 aromatic rings. The number of esters is 1. The summed E-state index contributed by atoms with van der Waals surface area (Å²) < 4.78 is 30.9. The van der Waals surface area contributed by atoms with E-state index in [1.54, 1.807) is 25.1 Å². The van der Waals surface area contributed by atoms with E-state index in [1.807, 2.05) is 6.92 Å². The minimum Gasteiger partial charge on any atom is -0.748 e. The van der Waals surface area contributed by atoms with Crippen LogP contribution in [-0.2, 0) is 34.9 Å². The van der Waals surface area contributed by atoms with E-state index >= 15 is 0 Å². The molecule has 0 amide bonds. The van der Waals surface area contributed by atoms with Gasteiger partial charge in [0.15, 0.2) is 0 Å². The summed E-state index contributed by atoms with van der Waals surface area (Å²) in [5.41, 5.74) is 0.251. The molecule has 2 N–H and O–H groups in total. The van der Waals surface area contributed by atoms with Crippen molar-refractivity contribution in [3.8, 4) is 0 Å². The van der Waals surface area contributed by atoms with E-state index in [2.05, 4.69) is 30.0 Å². The summed E-state index contributed by atoms with van der Waals surface area (Å²) in [6, 6.07) is 8.01. The minimum atomic E-state index is -2.77. The molecule has 3 unspecified atom stereocenters. The predicted octanol–water partition coefficient (Wildman–Crippen LogP) is 2.98. The molecule has 0 aromatic heterocycles. The molecule has 172 valence electrons. The van der Waals surface area contributed by atoms with Crippen LogP contribution < -0.4 is 0 Å². The van der Waals surface area contributed by atoms with Crippen LogP contribution in [0.2, 0.25) is 0 Å². The summed E-state index contributed by atoms with van der Waals surface area (Å²) in [6.45, 7) is 9.87. The molecule has 0 spiro atoms. The molecule has 11 heteroatoms. The van der Waals surface area contributed by atoms with Crippen molar-refractivity contribution in [2.24, 2.45) is 11.3 Å². The fourth-order valence-electron chi connectivity index (χ4n) is 2.72. The summed E-state index contributed by atoms with van der Waals surface area (Å²) in [6.07, 6.45) is 0.828. The average Bonchev–Trinajstić information content (AvgIpc) is 2.69. The lowest BCUT2D eigenvalue weighted by atomic mass is 9.86. The summed E-state index contributed by atoms with van der Waals surface area (Å²) in [5.74, 6) is -4.32. The topological polar surface area (TPSA) is 152 Å². The molecule has 1 aromatic carbocycles. The minimum absolute atomic E-state index is 0.0220. The van der Waals surface area contributed by atoms with Crippen molar-refractivity contribution in [3.63, 3.8) is 0 Å². The van der Waals surface area contributed by atoms with Crippen LogP contribution >= 0.6 is 0 Å². The van der Waals surface area contributed by atoms with Crippen molar-refractivity contribution in [2.45, 2.75) is 46.8 Å². The fraction of sp³-hybridized carbons (Fsp3) is 0.579. The molecule has 30 heavy (non-hydrogen) atoms. The fourth-order valence-corrected chi connectivity index (χ4v) is 2.72. The molecule has 0 aliphatic rings. The van der Waals surface area contributed by atoms with Crippen LogP contribution in [0.15, 0.2) is 30.3 Å². The van der Waals surface area contributed by atoms with E-state index in [1.165, 1.54) is 12.1 Å². The van der Waals surface area contributed by atoms with Gasteiger partial charge in [0.1, 0.15) is 11.4 Å². The van der Waals surface area contributed by atoms with Crippen molar-refractivity contribution in [1.29, 1.82) is 0 Å². The van der Waals surface area contributed by atoms with Crippen LogP contribution in [0.5, 0.6) is 0 Å². The van der Waals surface area contributed by atoms with Crippen LogP contribution in [0.25, 0.3) is 0 Å². The Morgan fingerprint density at radius 1 is 1.17 bits per heavy atom. The monoisotopic (exact) mass is 449 g/mol. The Bertz CT molecular complexity index is 674. The normalized spacial score (nSPS) is 15.2. The standard InChI is InChI=1S/C19H28O6.H2O4S/c1-6-24-19(25-22,16(20)15-10-8-7-9-11-15)17(21)23-13-14(2)12-18(3,4)5;1-4-5(2)3/h7-11,14,22H,6,12-13H2,1-5H3;1H,(H,2,3)/p-1. The summed E-state index contributed by atoms with van der Waals surface area (Å²) >= 11 is -2.77. The predicted molar refractivity (Wildman–Crippen MR) is 106 cm³/mol. The highest BCUT2D eigenvalue weighted by molar-refractivity contribution is 7.73. The van der Waals surface area contributed by atoms with Crippen molar-refractivity contribution in [1.82, 2.24) is 0 Å². The summed E-state index contributed by atoms with van der Waals surface area (Å²) in [7, 11) is 0. The SMILES string of the molecule is CCOC(OO)(C(=O)OCC(C)CC(C)(C)C)C(=O)c1ccccc1.O=S([O-])OO. The molecular weight excluding hydrogens is 420 g/mol. The van der Waals surface area contributed by atoms with E-state index in [0.29, 0.717) is 0 Å². The Hall–Kier alpha value is -1.73. The molecule has 0 saturated carbocycles. The molecule has 0 radical (unpaired) electrons. The summed E-state index contributed by atoms with van der Waals surface area (Å²) in [5, 5.41) is 16.3. The molecule has 0 fully saturated rings. The van der Waals surface area contributed by atoms with Crippen LogP contribution in [0.4, 0.5) is 0 Å². The van der Waals surface area contributed by atoms with Gasteiger partial charge in [0.25, 0.3) is 0 Å². The number of Topliss-reactive ketones (excluding diaryl/α,β-unsaturated/α-hetero) is 1. The number of hydrogen-bond donors (Lipinski definition) is 2. The molecular formula is C19H29O10S-. The van der Waals surface area contributed by atoms with E-state index in [4.69, 9.17) is 23.5 Å². The van der Waals surface area contributed by atoms with Gasteiger partial charge >= 0.3 is 11.8 Å². The average molecular weight is 449 g/mol. The second-order valence-electron chi connectivity index (χ2n) is 7.58. The van der Waals surface area contributed by atoms with Gasteiger partial charge in [0, 0.05) is 12.2 Å². The highest BCUT2D eigenvalue weighted by atomic mass is 32.2. The van der Waals surface area contributed by atoms with Gasteiger partial charge in [-0.25, -0.2) is 19.5 Å². The maximum atomic E-state index is 12.7. The Balaban J connectivity index is 0.00000150. The highest BCUT2D eigenvalue weighted by Crippen LogP contribution is 2.26. The molecule has 1 rings (SSSR count). The zero-order chi connectivity index (χ0) is 23.4. The Morgan fingerprint density at radius 3 is 2.10 bits per heavy atom. The molecule has 0 saturated heterocycles. The number of ketones is 1. The second kappa shape index (κ2) is 13.5. The van der Waals surface area contributed by atoms with Gasteiger partial charge in [0.2, 0.25) is 5.78 Å². The quantitative estimate of drug-likeness (QED) is 0.104. The zero-order valence-corrected chi connectivity index (χ0v) is 18.5. The first kappa shape index (κ1) is 28.3. The third kappa shape index (κ3) is 9.85. The van der Waals surface area contributed by atoms with E-state index < -0.39 is 28.9 Å². The molecule has 0 aliphatic heterocycles. The third-order valence-electron chi connectivity index (χ3n) is 3.60. The lowest BCUT2D eigenvalue weighted by Gasteiger charge is -2.28. The number of carbonyl (C=O) groups excluding carboxylic acids is 2. The van der Waals surface area contributed by atoms with Gasteiger partial charge in [0.05, 0.1) is 6.61 Å². The van der Waals surface area contributed by atoms with Gasteiger partial charge in [-0.1, -0.05) is 58.0 Å². The molecule has 0 bridgehead atoms. The number of carbonyl (C=O) groups is 2. The maximum Gasteiger partial charge on any atom is 0.378 e. The molecule has 0 heterocycles. The van der Waals surface area contributed by atoms with E-state index in [9.17, 15) is 14.8 Å². The van der Waals surface area contributed by atoms with Gasteiger partial charge < -0.3 is 14.0 Å². The van der Waals surface area contributed by atoms with Crippen LogP contribution in [0, 0.1) is 11.3 Å². The van der Waals surface area contributed by atoms with Crippen LogP contribution in [0.3, 0.4) is 0 Å². The van der Waals surface area contributed by atoms with E-state index in [0.717, 1.165) is 6.42 Å². The van der Waals surface area contributed by atoms with Crippen molar-refractivity contribution < 1.29 is 47.6 Å². The van der Waals surface area contributed by atoms with Gasteiger partial charge in [-0.15, -0.1) is 4.33 Å². The molecule has 10 nitrogen and oxygen atoms in total.